The van der Waals surface area contributed by atoms with Crippen LogP contribution in [0.3, 0.4) is 0 Å². The maximum absolute atomic E-state index is 12.8. The number of likely N-dealkylation sites (tertiary alicyclic amines) is 2. The normalized spacial score (nSPS) is 25.6. The number of ether oxygens (including phenoxy) is 1. The van der Waals surface area contributed by atoms with Gasteiger partial charge in [-0.25, -0.2) is 4.79 Å². The first kappa shape index (κ1) is 20.0. The van der Waals surface area contributed by atoms with Crippen LogP contribution in [0.2, 0.25) is 0 Å². The number of amides is 2. The molecule has 0 saturated carbocycles. The van der Waals surface area contributed by atoms with Crippen molar-refractivity contribution in [3.8, 4) is 5.75 Å². The molecule has 0 bridgehead atoms. The third kappa shape index (κ3) is 4.38. The molecule has 1 N–H and O–H groups in total. The third-order valence-electron chi connectivity index (χ3n) is 5.87. The van der Waals surface area contributed by atoms with Crippen molar-refractivity contribution in [2.24, 2.45) is 11.8 Å². The smallest absolute Gasteiger partial charge is 0.320 e. The molecule has 2 aliphatic heterocycles. The maximum atomic E-state index is 12.8. The van der Waals surface area contributed by atoms with Crippen molar-refractivity contribution in [2.75, 3.05) is 47.4 Å². The van der Waals surface area contributed by atoms with Gasteiger partial charge in [-0.05, 0) is 43.9 Å². The summed E-state index contributed by atoms with van der Waals surface area (Å²) in [6.45, 7) is 7.37. The molecule has 0 unspecified atom stereocenters. The number of hydrogen-bond acceptors (Lipinski definition) is 4. The Kier molecular flexibility index (Phi) is 5.68. The molecule has 2 fully saturated rings. The Labute approximate surface area is 162 Å². The van der Waals surface area contributed by atoms with Crippen LogP contribution >= 0.6 is 0 Å². The number of fused-ring (bicyclic) bond motifs is 1. The van der Waals surface area contributed by atoms with E-state index in [0.717, 1.165) is 38.3 Å². The predicted octanol–water partition coefficient (Wildman–Crippen LogP) is 2.44. The molecule has 6 nitrogen and oxygen atoms in total. The van der Waals surface area contributed by atoms with Crippen LogP contribution in [-0.2, 0) is 0 Å². The molecule has 2 amide bonds. The average molecular weight is 376 g/mol. The van der Waals surface area contributed by atoms with Gasteiger partial charge in [0.2, 0.25) is 0 Å². The highest BCUT2D eigenvalue weighted by Gasteiger charge is 2.49. The first-order valence-electron chi connectivity index (χ1n) is 9.76. The van der Waals surface area contributed by atoms with E-state index in [0.29, 0.717) is 11.8 Å². The summed E-state index contributed by atoms with van der Waals surface area (Å²) in [5.74, 6) is 1.73. The fourth-order valence-corrected chi connectivity index (χ4v) is 4.43. The number of methoxy groups -OCH3 is 1. The Bertz CT molecular complexity index is 654. The Hall–Kier alpha value is -1.79. The van der Waals surface area contributed by atoms with Gasteiger partial charge in [-0.3, -0.25) is 0 Å². The zero-order chi connectivity index (χ0) is 19.8. The van der Waals surface area contributed by atoms with E-state index in [2.05, 4.69) is 17.0 Å². The van der Waals surface area contributed by atoms with E-state index in [-0.39, 0.29) is 12.1 Å². The number of carbonyl (C=O) groups excluding carboxylic acids is 1. The third-order valence-corrected chi connectivity index (χ3v) is 5.87. The van der Waals surface area contributed by atoms with E-state index >= 15 is 0 Å². The second-order valence-corrected chi connectivity index (χ2v) is 8.79. The van der Waals surface area contributed by atoms with Crippen LogP contribution in [-0.4, -0.2) is 78.8 Å². The molecule has 150 valence electrons. The topological polar surface area (TPSA) is 56.3 Å². The second-order valence-electron chi connectivity index (χ2n) is 8.79. The Morgan fingerprint density at radius 3 is 2.44 bits per heavy atom. The molecule has 2 aliphatic rings. The number of benzene rings is 1. The molecule has 6 heteroatoms. The van der Waals surface area contributed by atoms with Crippen LogP contribution in [0.15, 0.2) is 24.3 Å². The van der Waals surface area contributed by atoms with Crippen molar-refractivity contribution in [3.05, 3.63) is 29.8 Å². The first-order valence-corrected chi connectivity index (χ1v) is 9.76. The highest BCUT2D eigenvalue weighted by molar-refractivity contribution is 5.75. The largest absolute Gasteiger partial charge is 0.497 e. The summed E-state index contributed by atoms with van der Waals surface area (Å²) in [7, 11) is 5.30. The lowest BCUT2D eigenvalue weighted by Crippen LogP contribution is -2.41. The summed E-state index contributed by atoms with van der Waals surface area (Å²) in [6.07, 6.45) is 0.764. The van der Waals surface area contributed by atoms with E-state index in [1.807, 2.05) is 45.0 Å². The minimum absolute atomic E-state index is 0.0771. The molecule has 0 spiro atoms. The Morgan fingerprint density at radius 1 is 1.22 bits per heavy atom. The maximum Gasteiger partial charge on any atom is 0.320 e. The Morgan fingerprint density at radius 2 is 1.89 bits per heavy atom. The SMILES string of the molecule is COc1ccc([C@H]2[C@@H]3CN(CCC(C)(C)O)C[C@@H]3CN2C(=O)N(C)C)cc1. The van der Waals surface area contributed by atoms with Crippen molar-refractivity contribution in [1.82, 2.24) is 14.7 Å². The zero-order valence-electron chi connectivity index (χ0n) is 17.2. The highest BCUT2D eigenvalue weighted by atomic mass is 16.5. The van der Waals surface area contributed by atoms with Gasteiger partial charge in [0.25, 0.3) is 0 Å². The van der Waals surface area contributed by atoms with Crippen molar-refractivity contribution >= 4 is 6.03 Å². The van der Waals surface area contributed by atoms with Crippen LogP contribution in [0.25, 0.3) is 0 Å². The molecule has 0 aliphatic carbocycles. The minimum atomic E-state index is -0.639. The minimum Gasteiger partial charge on any atom is -0.497 e. The van der Waals surface area contributed by atoms with E-state index in [1.54, 1.807) is 12.0 Å². The molecule has 3 rings (SSSR count). The molecule has 2 saturated heterocycles. The summed E-state index contributed by atoms with van der Waals surface area (Å²) in [6, 6.07) is 8.28. The fourth-order valence-electron chi connectivity index (χ4n) is 4.43. The van der Waals surface area contributed by atoms with Crippen molar-refractivity contribution in [2.45, 2.75) is 31.9 Å². The van der Waals surface area contributed by atoms with Crippen molar-refractivity contribution in [1.29, 1.82) is 0 Å². The summed E-state index contributed by atoms with van der Waals surface area (Å²) in [5.41, 5.74) is 0.530. The quantitative estimate of drug-likeness (QED) is 0.859. The zero-order valence-corrected chi connectivity index (χ0v) is 17.2. The van der Waals surface area contributed by atoms with Gasteiger partial charge in [-0.1, -0.05) is 12.1 Å². The molecule has 27 heavy (non-hydrogen) atoms. The number of rotatable bonds is 5. The van der Waals surface area contributed by atoms with Crippen LogP contribution in [0.4, 0.5) is 4.79 Å². The molecule has 3 atom stereocenters. The molecule has 0 aromatic heterocycles. The Balaban J connectivity index is 1.80. The lowest BCUT2D eigenvalue weighted by atomic mass is 9.89. The molecule has 0 radical (unpaired) electrons. The standard InChI is InChI=1S/C21H33N3O3/c1-21(2,26)10-11-23-12-16-13-24(20(25)22(3)4)19(18(16)14-23)15-6-8-17(27-5)9-7-15/h6-9,16,18-19,26H,10-14H2,1-5H3/t16-,18-,19+/m1/s1. The van der Waals surface area contributed by atoms with Gasteiger partial charge in [0.05, 0.1) is 18.8 Å². The van der Waals surface area contributed by atoms with Crippen molar-refractivity contribution in [3.63, 3.8) is 0 Å². The number of hydrogen-bond donors (Lipinski definition) is 1. The van der Waals surface area contributed by atoms with Crippen LogP contribution in [0.5, 0.6) is 5.75 Å². The number of nitrogens with zero attached hydrogens (tertiary/aromatic N) is 3. The molecule has 1 aromatic carbocycles. The van der Waals surface area contributed by atoms with E-state index in [1.165, 1.54) is 5.56 Å². The van der Waals surface area contributed by atoms with Gasteiger partial charge in [-0.15, -0.1) is 0 Å². The van der Waals surface area contributed by atoms with Gasteiger partial charge < -0.3 is 24.5 Å². The lowest BCUT2D eigenvalue weighted by molar-refractivity contribution is 0.0587. The van der Waals surface area contributed by atoms with Crippen LogP contribution < -0.4 is 4.74 Å². The van der Waals surface area contributed by atoms with Gasteiger partial charge >= 0.3 is 6.03 Å². The summed E-state index contributed by atoms with van der Waals surface area (Å²) >= 11 is 0. The van der Waals surface area contributed by atoms with Gasteiger partial charge in [-0.2, -0.15) is 0 Å². The fraction of sp³-hybridized carbons (Fsp3) is 0.667. The van der Waals surface area contributed by atoms with E-state index in [4.69, 9.17) is 4.74 Å². The van der Waals surface area contributed by atoms with Crippen LogP contribution in [0, 0.1) is 11.8 Å². The summed E-state index contributed by atoms with van der Waals surface area (Å²) < 4.78 is 5.29. The summed E-state index contributed by atoms with van der Waals surface area (Å²) in [5, 5.41) is 10.0. The molecular formula is C21H33N3O3. The number of urea groups is 1. The average Bonchev–Trinajstić information content (AvgIpc) is 3.16. The predicted molar refractivity (Wildman–Crippen MR) is 106 cm³/mol. The van der Waals surface area contributed by atoms with E-state index in [9.17, 15) is 9.90 Å². The number of carbonyl (C=O) groups is 1. The lowest BCUT2D eigenvalue weighted by Gasteiger charge is -2.32. The molecule has 2 heterocycles. The van der Waals surface area contributed by atoms with E-state index < -0.39 is 5.60 Å². The number of aliphatic hydroxyl groups is 1. The monoisotopic (exact) mass is 375 g/mol. The molecule has 1 aromatic rings. The molecular weight excluding hydrogens is 342 g/mol. The van der Waals surface area contributed by atoms with Crippen LogP contribution in [0.1, 0.15) is 31.9 Å². The first-order chi connectivity index (χ1) is 12.7. The van der Waals surface area contributed by atoms with Gasteiger partial charge in [0, 0.05) is 46.2 Å². The van der Waals surface area contributed by atoms with Crippen molar-refractivity contribution < 1.29 is 14.6 Å². The summed E-state index contributed by atoms with van der Waals surface area (Å²) in [4.78, 5) is 19.0. The van der Waals surface area contributed by atoms with Gasteiger partial charge in [0.15, 0.2) is 0 Å². The highest BCUT2D eigenvalue weighted by Crippen LogP contribution is 2.45. The van der Waals surface area contributed by atoms with Gasteiger partial charge in [0.1, 0.15) is 5.75 Å². The second kappa shape index (κ2) is 7.68.